The summed E-state index contributed by atoms with van der Waals surface area (Å²) in [5, 5.41) is 0. The van der Waals surface area contributed by atoms with Gasteiger partial charge in [-0.25, -0.2) is 0 Å². The molecule has 1 nitrogen and oxygen atoms in total. The van der Waals surface area contributed by atoms with E-state index in [2.05, 4.69) is 68.9 Å². The molecule has 0 aromatic heterocycles. The van der Waals surface area contributed by atoms with Crippen molar-refractivity contribution in [3.05, 3.63) is 41.9 Å². The van der Waals surface area contributed by atoms with Gasteiger partial charge in [0, 0.05) is 12.1 Å². The van der Waals surface area contributed by atoms with Gasteiger partial charge in [-0.05, 0) is 20.8 Å². The fourth-order valence-corrected chi connectivity index (χ4v) is 2.44. The zero-order valence-electron chi connectivity index (χ0n) is 10.7. The molecule has 0 atom stereocenters. The van der Waals surface area contributed by atoms with Gasteiger partial charge in [-0.1, -0.05) is 54.3 Å². The Balaban J connectivity index is 2.34. The monoisotopic (exact) mass is 213 g/mol. The van der Waals surface area contributed by atoms with Crippen LogP contribution < -0.4 is 5.46 Å². The van der Waals surface area contributed by atoms with Crippen LogP contribution in [0.4, 0.5) is 0 Å². The van der Waals surface area contributed by atoms with Gasteiger partial charge in [-0.15, -0.1) is 0 Å². The molecule has 0 spiro atoms. The van der Waals surface area contributed by atoms with Crippen LogP contribution in [0.2, 0.25) is 0 Å². The van der Waals surface area contributed by atoms with E-state index < -0.39 is 0 Å². The summed E-state index contributed by atoms with van der Waals surface area (Å²) in [6.07, 6.45) is 2.35. The SMILES string of the molecule is CC1=CCN(C(C)(C)C)B1c1ccccc1. The molecule has 2 heteroatoms. The highest BCUT2D eigenvalue weighted by atomic mass is 15.1. The lowest BCUT2D eigenvalue weighted by atomic mass is 9.49. The van der Waals surface area contributed by atoms with Gasteiger partial charge >= 0.3 is 0 Å². The van der Waals surface area contributed by atoms with Gasteiger partial charge < -0.3 is 4.81 Å². The zero-order chi connectivity index (χ0) is 11.8. The van der Waals surface area contributed by atoms with Gasteiger partial charge in [-0.3, -0.25) is 0 Å². The maximum atomic E-state index is 2.55. The van der Waals surface area contributed by atoms with Crippen LogP contribution in [0.1, 0.15) is 27.7 Å². The van der Waals surface area contributed by atoms with Crippen LogP contribution in [0.15, 0.2) is 41.9 Å². The Morgan fingerprint density at radius 3 is 2.31 bits per heavy atom. The highest BCUT2D eigenvalue weighted by molar-refractivity contribution is 6.78. The first kappa shape index (κ1) is 11.5. The summed E-state index contributed by atoms with van der Waals surface area (Å²) in [4.78, 5) is 2.55. The summed E-state index contributed by atoms with van der Waals surface area (Å²) in [5.41, 5.74) is 3.10. The van der Waals surface area contributed by atoms with E-state index in [0.29, 0.717) is 6.85 Å². The Morgan fingerprint density at radius 2 is 1.75 bits per heavy atom. The van der Waals surface area contributed by atoms with E-state index in [-0.39, 0.29) is 5.54 Å². The normalized spacial score (nSPS) is 17.8. The van der Waals surface area contributed by atoms with Crippen LogP contribution in [0.25, 0.3) is 0 Å². The third kappa shape index (κ3) is 2.07. The minimum absolute atomic E-state index is 0.217. The number of benzene rings is 1. The molecular weight excluding hydrogens is 193 g/mol. The highest BCUT2D eigenvalue weighted by Crippen LogP contribution is 2.23. The van der Waals surface area contributed by atoms with Crippen molar-refractivity contribution in [2.75, 3.05) is 6.54 Å². The van der Waals surface area contributed by atoms with Crippen LogP contribution in [0, 0.1) is 0 Å². The Kier molecular flexibility index (Phi) is 2.94. The van der Waals surface area contributed by atoms with Crippen molar-refractivity contribution in [2.45, 2.75) is 33.2 Å². The van der Waals surface area contributed by atoms with Gasteiger partial charge in [0.25, 0.3) is 6.85 Å². The van der Waals surface area contributed by atoms with Gasteiger partial charge in [0.1, 0.15) is 0 Å². The van der Waals surface area contributed by atoms with Crippen molar-refractivity contribution in [2.24, 2.45) is 0 Å². The second kappa shape index (κ2) is 4.10. The van der Waals surface area contributed by atoms with Crippen LogP contribution in [0.3, 0.4) is 0 Å². The Hall–Kier alpha value is -1.02. The third-order valence-electron chi connectivity index (χ3n) is 3.33. The molecule has 0 aliphatic carbocycles. The molecule has 0 bridgehead atoms. The lowest BCUT2D eigenvalue weighted by molar-refractivity contribution is 0.278. The van der Waals surface area contributed by atoms with E-state index in [1.54, 1.807) is 0 Å². The van der Waals surface area contributed by atoms with E-state index >= 15 is 0 Å². The first-order chi connectivity index (χ1) is 7.50. The summed E-state index contributed by atoms with van der Waals surface area (Å²) < 4.78 is 0. The molecule has 0 unspecified atom stereocenters. The number of hydrogen-bond acceptors (Lipinski definition) is 1. The first-order valence-electron chi connectivity index (χ1n) is 5.98. The largest absolute Gasteiger partial charge is 0.326 e. The molecule has 1 heterocycles. The van der Waals surface area contributed by atoms with Crippen molar-refractivity contribution >= 4 is 12.3 Å². The van der Waals surface area contributed by atoms with E-state index in [1.807, 2.05) is 0 Å². The average molecular weight is 213 g/mol. The van der Waals surface area contributed by atoms with Gasteiger partial charge in [0.05, 0.1) is 0 Å². The summed E-state index contributed by atoms with van der Waals surface area (Å²) in [6.45, 7) is 10.6. The predicted octanol–water partition coefficient (Wildman–Crippen LogP) is 2.48. The summed E-state index contributed by atoms with van der Waals surface area (Å²) in [6, 6.07) is 10.8. The zero-order valence-corrected chi connectivity index (χ0v) is 10.7. The van der Waals surface area contributed by atoms with E-state index in [4.69, 9.17) is 0 Å². The summed E-state index contributed by atoms with van der Waals surface area (Å²) in [7, 11) is 0. The van der Waals surface area contributed by atoms with Crippen molar-refractivity contribution < 1.29 is 0 Å². The first-order valence-corrected chi connectivity index (χ1v) is 5.98. The summed E-state index contributed by atoms with van der Waals surface area (Å²) in [5.74, 6) is 0. The number of allylic oxidation sites excluding steroid dienone is 1. The molecule has 1 aromatic carbocycles. The van der Waals surface area contributed by atoms with Crippen molar-refractivity contribution in [3.8, 4) is 0 Å². The Labute approximate surface area is 99.3 Å². The van der Waals surface area contributed by atoms with Crippen LogP contribution in [-0.4, -0.2) is 23.7 Å². The molecule has 0 saturated heterocycles. The number of rotatable bonds is 1. The van der Waals surface area contributed by atoms with E-state index in [0.717, 1.165) is 6.54 Å². The highest BCUT2D eigenvalue weighted by Gasteiger charge is 2.36. The molecule has 0 fully saturated rings. The quantitative estimate of drug-likeness (QED) is 0.648. The lowest BCUT2D eigenvalue weighted by Gasteiger charge is -2.36. The summed E-state index contributed by atoms with van der Waals surface area (Å²) >= 11 is 0. The predicted molar refractivity (Wildman–Crippen MR) is 72.0 cm³/mol. The van der Waals surface area contributed by atoms with E-state index in [1.165, 1.54) is 10.9 Å². The van der Waals surface area contributed by atoms with Crippen LogP contribution in [0.5, 0.6) is 0 Å². The molecule has 0 saturated carbocycles. The van der Waals surface area contributed by atoms with Gasteiger partial charge in [-0.2, -0.15) is 0 Å². The van der Waals surface area contributed by atoms with Crippen LogP contribution in [-0.2, 0) is 0 Å². The van der Waals surface area contributed by atoms with Crippen LogP contribution >= 0.6 is 0 Å². The van der Waals surface area contributed by atoms with E-state index in [9.17, 15) is 0 Å². The lowest BCUT2D eigenvalue weighted by Crippen LogP contribution is -2.54. The maximum absolute atomic E-state index is 2.55. The fourth-order valence-electron chi connectivity index (χ4n) is 2.44. The van der Waals surface area contributed by atoms with Crippen molar-refractivity contribution in [1.29, 1.82) is 0 Å². The molecule has 16 heavy (non-hydrogen) atoms. The Morgan fingerprint density at radius 1 is 1.12 bits per heavy atom. The molecule has 0 radical (unpaired) electrons. The maximum Gasteiger partial charge on any atom is 0.288 e. The molecule has 0 amide bonds. The topological polar surface area (TPSA) is 3.24 Å². The Bertz CT molecular complexity index is 389. The average Bonchev–Trinajstić information content (AvgIpc) is 2.61. The molecule has 0 N–H and O–H groups in total. The fraction of sp³-hybridized carbons (Fsp3) is 0.429. The molecule has 84 valence electrons. The van der Waals surface area contributed by atoms with Crippen molar-refractivity contribution in [1.82, 2.24) is 4.81 Å². The molecular formula is C14H20BN. The van der Waals surface area contributed by atoms with Gasteiger partial charge in [0.2, 0.25) is 0 Å². The number of hydrogen-bond donors (Lipinski definition) is 0. The third-order valence-corrected chi connectivity index (χ3v) is 3.33. The minimum Gasteiger partial charge on any atom is -0.326 e. The van der Waals surface area contributed by atoms with Crippen molar-refractivity contribution in [3.63, 3.8) is 0 Å². The second-order valence-corrected chi connectivity index (χ2v) is 5.58. The van der Waals surface area contributed by atoms with Gasteiger partial charge in [0.15, 0.2) is 0 Å². The standard InChI is InChI=1S/C14H20BN/c1-12-10-11-16(14(2,3)4)15(12)13-8-6-5-7-9-13/h5-10H,11H2,1-4H3. The molecule has 1 aliphatic heterocycles. The molecule has 2 rings (SSSR count). The molecule has 1 aliphatic rings. The smallest absolute Gasteiger partial charge is 0.288 e. The molecule has 1 aromatic rings. The second-order valence-electron chi connectivity index (χ2n) is 5.58. The minimum atomic E-state index is 0.217. The number of nitrogens with zero attached hydrogens (tertiary/aromatic N) is 1.